The summed E-state index contributed by atoms with van der Waals surface area (Å²) in [7, 11) is 0. The number of fused-ring (bicyclic) bond motifs is 4. The van der Waals surface area contributed by atoms with E-state index in [1.165, 1.54) is 16.3 Å². The fraction of sp³-hybridized carbons (Fsp3) is 0.217. The summed E-state index contributed by atoms with van der Waals surface area (Å²) in [5, 5.41) is 17.5. The van der Waals surface area contributed by atoms with Gasteiger partial charge in [0, 0.05) is 23.7 Å². The Labute approximate surface area is 157 Å². The first-order valence-corrected chi connectivity index (χ1v) is 9.32. The van der Waals surface area contributed by atoms with Gasteiger partial charge in [0.25, 0.3) is 5.69 Å². The van der Waals surface area contributed by atoms with Crippen LogP contribution < -0.4 is 5.32 Å². The van der Waals surface area contributed by atoms with Gasteiger partial charge in [0.15, 0.2) is 0 Å². The number of hydrogen-bond acceptors (Lipinski definition) is 3. The Morgan fingerprint density at radius 3 is 2.70 bits per heavy atom. The van der Waals surface area contributed by atoms with Crippen molar-refractivity contribution in [3.8, 4) is 0 Å². The van der Waals surface area contributed by atoms with Gasteiger partial charge in [0.05, 0.1) is 11.0 Å². The van der Waals surface area contributed by atoms with Gasteiger partial charge in [-0.1, -0.05) is 48.6 Å². The van der Waals surface area contributed by atoms with E-state index in [9.17, 15) is 10.1 Å². The van der Waals surface area contributed by atoms with Gasteiger partial charge in [-0.3, -0.25) is 10.1 Å². The number of nitro benzene ring substituents is 1. The zero-order valence-electron chi connectivity index (χ0n) is 15.1. The van der Waals surface area contributed by atoms with E-state index in [1.54, 1.807) is 12.1 Å². The largest absolute Gasteiger partial charge is 0.377 e. The number of non-ortho nitro benzene ring substituents is 1. The molecule has 0 fully saturated rings. The number of aryl methyl sites for hydroxylation is 1. The third-order valence-corrected chi connectivity index (χ3v) is 5.99. The van der Waals surface area contributed by atoms with E-state index in [0.717, 1.165) is 23.2 Å². The number of hydrogen-bond donors (Lipinski definition) is 1. The van der Waals surface area contributed by atoms with Gasteiger partial charge < -0.3 is 5.32 Å². The van der Waals surface area contributed by atoms with E-state index >= 15 is 0 Å². The monoisotopic (exact) mass is 356 g/mol. The van der Waals surface area contributed by atoms with E-state index in [4.69, 9.17) is 0 Å². The van der Waals surface area contributed by atoms with Crippen LogP contribution >= 0.6 is 0 Å². The topological polar surface area (TPSA) is 55.2 Å². The zero-order valence-corrected chi connectivity index (χ0v) is 15.1. The minimum absolute atomic E-state index is 0.177. The molecule has 5 rings (SSSR count). The van der Waals surface area contributed by atoms with Crippen LogP contribution in [0.4, 0.5) is 11.4 Å². The minimum Gasteiger partial charge on any atom is -0.377 e. The third kappa shape index (κ3) is 2.52. The van der Waals surface area contributed by atoms with Crippen molar-refractivity contribution in [2.45, 2.75) is 25.3 Å². The Kier molecular flexibility index (Phi) is 3.54. The second kappa shape index (κ2) is 5.95. The molecule has 1 aliphatic carbocycles. The van der Waals surface area contributed by atoms with Crippen molar-refractivity contribution < 1.29 is 4.92 Å². The highest BCUT2D eigenvalue weighted by Gasteiger charge is 2.39. The summed E-state index contributed by atoms with van der Waals surface area (Å²) in [5.74, 6) is 0.594. The van der Waals surface area contributed by atoms with Crippen LogP contribution in [-0.4, -0.2) is 4.92 Å². The quantitative estimate of drug-likeness (QED) is 0.354. The van der Waals surface area contributed by atoms with E-state index in [-0.39, 0.29) is 22.6 Å². The molecule has 0 amide bonds. The van der Waals surface area contributed by atoms with Crippen LogP contribution in [-0.2, 0) is 0 Å². The predicted molar refractivity (Wildman–Crippen MR) is 108 cm³/mol. The third-order valence-electron chi connectivity index (χ3n) is 5.99. The maximum atomic E-state index is 11.3. The molecule has 0 spiro atoms. The number of nitrogens with zero attached hydrogens (tertiary/aromatic N) is 1. The maximum absolute atomic E-state index is 11.3. The van der Waals surface area contributed by atoms with Crippen molar-refractivity contribution >= 4 is 22.1 Å². The number of anilines is 1. The molecule has 3 atom stereocenters. The number of allylic oxidation sites excluding steroid dienone is 2. The Bertz CT molecular complexity index is 1100. The lowest BCUT2D eigenvalue weighted by molar-refractivity contribution is -0.385. The molecule has 1 aliphatic heterocycles. The summed E-state index contributed by atoms with van der Waals surface area (Å²) in [5.41, 5.74) is 4.49. The minimum atomic E-state index is -0.295. The molecule has 1 N–H and O–H groups in total. The number of nitrogens with one attached hydrogen (secondary N) is 1. The van der Waals surface area contributed by atoms with Crippen LogP contribution in [0.25, 0.3) is 10.8 Å². The fourth-order valence-electron chi connectivity index (χ4n) is 4.70. The smallest absolute Gasteiger partial charge is 0.270 e. The molecule has 0 saturated carbocycles. The second-order valence-corrected chi connectivity index (χ2v) is 7.57. The maximum Gasteiger partial charge on any atom is 0.270 e. The summed E-state index contributed by atoms with van der Waals surface area (Å²) >= 11 is 0. The number of rotatable bonds is 2. The Morgan fingerprint density at radius 2 is 1.89 bits per heavy atom. The number of benzene rings is 3. The highest BCUT2D eigenvalue weighted by atomic mass is 16.6. The molecule has 4 heteroatoms. The van der Waals surface area contributed by atoms with Gasteiger partial charge in [-0.05, 0) is 52.8 Å². The molecule has 0 bridgehead atoms. The lowest BCUT2D eigenvalue weighted by Crippen LogP contribution is -2.29. The van der Waals surface area contributed by atoms with Crippen LogP contribution in [0.15, 0.2) is 66.7 Å². The lowest BCUT2D eigenvalue weighted by Gasteiger charge is -2.38. The molecule has 4 nitrogen and oxygen atoms in total. The second-order valence-electron chi connectivity index (χ2n) is 7.57. The highest BCUT2D eigenvalue weighted by Crippen LogP contribution is 2.51. The molecule has 2 aliphatic rings. The molecule has 0 radical (unpaired) electrons. The Balaban J connectivity index is 1.63. The van der Waals surface area contributed by atoms with Crippen LogP contribution in [0, 0.1) is 23.0 Å². The molecule has 3 aromatic rings. The van der Waals surface area contributed by atoms with Gasteiger partial charge in [-0.2, -0.15) is 0 Å². The molecule has 0 aromatic heterocycles. The summed E-state index contributed by atoms with van der Waals surface area (Å²) in [6.45, 7) is 1.95. The van der Waals surface area contributed by atoms with Crippen molar-refractivity contribution in [2.75, 3.05) is 5.32 Å². The summed E-state index contributed by atoms with van der Waals surface area (Å²) in [4.78, 5) is 11.0. The first kappa shape index (κ1) is 16.1. The van der Waals surface area contributed by atoms with Crippen LogP contribution in [0.3, 0.4) is 0 Å². The first-order chi connectivity index (χ1) is 13.1. The zero-order chi connectivity index (χ0) is 18.5. The van der Waals surface area contributed by atoms with Gasteiger partial charge in [-0.25, -0.2) is 0 Å². The molecular weight excluding hydrogens is 336 g/mol. The van der Waals surface area contributed by atoms with Crippen molar-refractivity contribution in [1.29, 1.82) is 0 Å². The summed E-state index contributed by atoms with van der Waals surface area (Å²) in [6.07, 6.45) is 5.42. The Morgan fingerprint density at radius 1 is 1.07 bits per heavy atom. The van der Waals surface area contributed by atoms with Crippen LogP contribution in [0.5, 0.6) is 0 Å². The summed E-state index contributed by atoms with van der Waals surface area (Å²) < 4.78 is 0. The SMILES string of the molecule is Cc1cc([N+](=O)[O-])cc2c1NC(c1ccc3ccccc3c1)C1CC=CC21. The lowest BCUT2D eigenvalue weighted by atomic mass is 9.76. The summed E-state index contributed by atoms with van der Waals surface area (Å²) in [6, 6.07) is 18.7. The van der Waals surface area contributed by atoms with Gasteiger partial charge >= 0.3 is 0 Å². The molecule has 3 aromatic carbocycles. The number of nitro groups is 1. The average molecular weight is 356 g/mol. The molecule has 3 unspecified atom stereocenters. The van der Waals surface area contributed by atoms with Gasteiger partial charge in [0.2, 0.25) is 0 Å². The highest BCUT2D eigenvalue weighted by molar-refractivity contribution is 5.83. The van der Waals surface area contributed by atoms with Crippen molar-refractivity contribution in [2.24, 2.45) is 5.92 Å². The molecule has 1 heterocycles. The van der Waals surface area contributed by atoms with Crippen LogP contribution in [0.2, 0.25) is 0 Å². The van der Waals surface area contributed by atoms with E-state index in [0.29, 0.717) is 5.92 Å². The molecule has 0 saturated heterocycles. The molecule has 27 heavy (non-hydrogen) atoms. The van der Waals surface area contributed by atoms with E-state index in [1.807, 2.05) is 6.92 Å². The van der Waals surface area contributed by atoms with E-state index < -0.39 is 0 Å². The standard InChI is InChI=1S/C23H20N2O2/c1-14-11-18(25(26)27)13-21-19-7-4-8-20(19)23(24-22(14)21)17-10-9-15-5-2-3-6-16(15)12-17/h2-7,9-13,19-20,23-24H,8H2,1H3. The normalized spacial score (nSPS) is 22.9. The Hall–Kier alpha value is -3.14. The van der Waals surface area contributed by atoms with Crippen molar-refractivity contribution in [1.82, 2.24) is 0 Å². The van der Waals surface area contributed by atoms with E-state index in [2.05, 4.69) is 59.9 Å². The van der Waals surface area contributed by atoms with Crippen LogP contribution in [0.1, 0.15) is 35.1 Å². The fourth-order valence-corrected chi connectivity index (χ4v) is 4.70. The average Bonchev–Trinajstić information content (AvgIpc) is 3.17. The molecule has 134 valence electrons. The van der Waals surface area contributed by atoms with Gasteiger partial charge in [0.1, 0.15) is 0 Å². The van der Waals surface area contributed by atoms with Crippen molar-refractivity contribution in [3.63, 3.8) is 0 Å². The van der Waals surface area contributed by atoms with Crippen molar-refractivity contribution in [3.05, 3.63) is 93.6 Å². The first-order valence-electron chi connectivity index (χ1n) is 9.32. The van der Waals surface area contributed by atoms with Gasteiger partial charge in [-0.15, -0.1) is 0 Å². The predicted octanol–water partition coefficient (Wildman–Crippen LogP) is 5.88. The molecular formula is C23H20N2O2.